The maximum atomic E-state index is 6.45. The number of nitrogens with one attached hydrogen (secondary N) is 1. The van der Waals surface area contributed by atoms with Gasteiger partial charge in [-0.2, -0.15) is 9.61 Å². The molecular weight excluding hydrogens is 474 g/mol. The van der Waals surface area contributed by atoms with Crippen LogP contribution >= 0.6 is 27.5 Å². The summed E-state index contributed by atoms with van der Waals surface area (Å²) in [6, 6.07) is 20.9. The molecule has 158 valence electrons. The topological polar surface area (TPSA) is 45.5 Å². The molecule has 1 aliphatic heterocycles. The van der Waals surface area contributed by atoms with Crippen LogP contribution in [0.25, 0.3) is 16.9 Å². The highest BCUT2D eigenvalue weighted by Gasteiger charge is 2.21. The lowest BCUT2D eigenvalue weighted by Gasteiger charge is -2.33. The molecular formula is C24H23BrClN5. The zero-order chi connectivity index (χ0) is 21.2. The first-order valence-electron chi connectivity index (χ1n) is 10.5. The third kappa shape index (κ3) is 4.47. The van der Waals surface area contributed by atoms with Crippen molar-refractivity contribution in [1.29, 1.82) is 0 Å². The Morgan fingerprint density at radius 3 is 2.55 bits per heavy atom. The van der Waals surface area contributed by atoms with Crippen LogP contribution in [0.5, 0.6) is 0 Å². The van der Waals surface area contributed by atoms with Gasteiger partial charge in [0.1, 0.15) is 5.82 Å². The summed E-state index contributed by atoms with van der Waals surface area (Å²) in [5, 5.41) is 8.92. The molecule has 2 aromatic carbocycles. The highest BCUT2D eigenvalue weighted by Crippen LogP contribution is 2.31. The lowest BCUT2D eigenvalue weighted by atomic mass is 10.0. The van der Waals surface area contributed by atoms with Crippen molar-refractivity contribution in [3.63, 3.8) is 0 Å². The summed E-state index contributed by atoms with van der Waals surface area (Å²) in [4.78, 5) is 7.32. The molecule has 5 rings (SSSR count). The van der Waals surface area contributed by atoms with Gasteiger partial charge in [0, 0.05) is 42.3 Å². The lowest BCUT2D eigenvalue weighted by Crippen LogP contribution is -2.39. The van der Waals surface area contributed by atoms with Crippen LogP contribution in [-0.4, -0.2) is 38.6 Å². The van der Waals surface area contributed by atoms with Crippen LogP contribution in [0.1, 0.15) is 18.4 Å². The van der Waals surface area contributed by atoms with E-state index < -0.39 is 0 Å². The SMILES string of the molecule is Clc1ccccc1-c1cc(NC2CCN(Cc3ccccc3)CC2)n2ncc(Br)c2n1. The maximum absolute atomic E-state index is 6.45. The van der Waals surface area contributed by atoms with Crippen LogP contribution < -0.4 is 5.32 Å². The Labute approximate surface area is 195 Å². The lowest BCUT2D eigenvalue weighted by molar-refractivity contribution is 0.211. The molecule has 1 fully saturated rings. The van der Waals surface area contributed by atoms with Crippen molar-refractivity contribution >= 4 is 39.0 Å². The Hall–Kier alpha value is -2.41. The van der Waals surface area contributed by atoms with Gasteiger partial charge in [-0.3, -0.25) is 4.90 Å². The van der Waals surface area contributed by atoms with Gasteiger partial charge >= 0.3 is 0 Å². The molecule has 5 nitrogen and oxygen atoms in total. The van der Waals surface area contributed by atoms with E-state index in [1.165, 1.54) is 5.56 Å². The predicted octanol–water partition coefficient (Wildman–Crippen LogP) is 5.89. The Morgan fingerprint density at radius 1 is 1.03 bits per heavy atom. The van der Waals surface area contributed by atoms with Gasteiger partial charge in [0.25, 0.3) is 0 Å². The molecule has 3 heterocycles. The minimum Gasteiger partial charge on any atom is -0.367 e. The summed E-state index contributed by atoms with van der Waals surface area (Å²) >= 11 is 10.0. The van der Waals surface area contributed by atoms with Gasteiger partial charge in [0.15, 0.2) is 5.65 Å². The minimum atomic E-state index is 0.389. The van der Waals surface area contributed by atoms with Crippen molar-refractivity contribution in [3.05, 3.63) is 81.9 Å². The number of anilines is 1. The molecule has 0 spiro atoms. The van der Waals surface area contributed by atoms with Crippen LogP contribution in [0, 0.1) is 0 Å². The quantitative estimate of drug-likeness (QED) is 0.374. The number of rotatable bonds is 5. The summed E-state index contributed by atoms with van der Waals surface area (Å²) in [6.45, 7) is 3.15. The van der Waals surface area contributed by atoms with Crippen molar-refractivity contribution in [2.24, 2.45) is 0 Å². The molecule has 1 aliphatic rings. The van der Waals surface area contributed by atoms with Gasteiger partial charge in [-0.1, -0.05) is 60.1 Å². The third-order valence-electron chi connectivity index (χ3n) is 5.77. The second-order valence-electron chi connectivity index (χ2n) is 7.91. The molecule has 4 aromatic rings. The van der Waals surface area contributed by atoms with Crippen molar-refractivity contribution in [2.75, 3.05) is 18.4 Å². The minimum absolute atomic E-state index is 0.389. The molecule has 2 aromatic heterocycles. The summed E-state index contributed by atoms with van der Waals surface area (Å²) < 4.78 is 2.72. The van der Waals surface area contributed by atoms with Crippen LogP contribution in [0.2, 0.25) is 5.02 Å². The average Bonchev–Trinajstić information content (AvgIpc) is 3.17. The number of fused-ring (bicyclic) bond motifs is 1. The summed E-state index contributed by atoms with van der Waals surface area (Å²) in [5.74, 6) is 0.937. The Balaban J connectivity index is 1.35. The number of halogens is 2. The van der Waals surface area contributed by atoms with Crippen molar-refractivity contribution in [2.45, 2.75) is 25.4 Å². The van der Waals surface area contributed by atoms with E-state index in [1.807, 2.05) is 34.8 Å². The summed E-state index contributed by atoms with van der Waals surface area (Å²) in [5.41, 5.74) is 3.90. The van der Waals surface area contributed by atoms with Crippen LogP contribution in [-0.2, 0) is 6.54 Å². The highest BCUT2D eigenvalue weighted by molar-refractivity contribution is 9.10. The highest BCUT2D eigenvalue weighted by atomic mass is 79.9. The van der Waals surface area contributed by atoms with Crippen molar-refractivity contribution in [1.82, 2.24) is 19.5 Å². The standard InChI is InChI=1S/C24H23BrClN5/c25-20-15-27-31-23(14-22(29-24(20)31)19-8-4-5-9-21(19)26)28-18-10-12-30(13-11-18)16-17-6-2-1-3-7-17/h1-9,14-15,18,28H,10-13,16H2. The predicted molar refractivity (Wildman–Crippen MR) is 129 cm³/mol. The van der Waals surface area contributed by atoms with Crippen molar-refractivity contribution < 1.29 is 0 Å². The van der Waals surface area contributed by atoms with Crippen LogP contribution in [0.3, 0.4) is 0 Å². The number of piperidine rings is 1. The zero-order valence-corrected chi connectivity index (χ0v) is 19.4. The number of aromatic nitrogens is 3. The number of hydrogen-bond donors (Lipinski definition) is 1. The molecule has 1 saturated heterocycles. The molecule has 31 heavy (non-hydrogen) atoms. The van der Waals surface area contributed by atoms with Gasteiger partial charge in [-0.25, -0.2) is 4.98 Å². The molecule has 0 aliphatic carbocycles. The fourth-order valence-corrected chi connectivity index (χ4v) is 4.71. The molecule has 0 amide bonds. The number of nitrogens with zero attached hydrogens (tertiary/aromatic N) is 4. The van der Waals surface area contributed by atoms with E-state index in [9.17, 15) is 0 Å². The molecule has 0 radical (unpaired) electrons. The fraction of sp³-hybridized carbons (Fsp3) is 0.250. The van der Waals surface area contributed by atoms with Gasteiger partial charge < -0.3 is 5.32 Å². The first kappa shape index (κ1) is 20.5. The van der Waals surface area contributed by atoms with Gasteiger partial charge in [-0.05, 0) is 40.4 Å². The molecule has 0 bridgehead atoms. The third-order valence-corrected chi connectivity index (χ3v) is 6.66. The van der Waals surface area contributed by atoms with E-state index in [0.717, 1.165) is 59.7 Å². The van der Waals surface area contributed by atoms with Gasteiger partial charge in [0.2, 0.25) is 0 Å². The van der Waals surface area contributed by atoms with E-state index in [-0.39, 0.29) is 0 Å². The second kappa shape index (κ2) is 8.99. The Kier molecular flexibility index (Phi) is 5.94. The Bertz CT molecular complexity index is 1190. The van der Waals surface area contributed by atoms with E-state index >= 15 is 0 Å². The first-order chi connectivity index (χ1) is 15.2. The Morgan fingerprint density at radius 2 is 1.77 bits per heavy atom. The zero-order valence-electron chi connectivity index (χ0n) is 17.0. The largest absolute Gasteiger partial charge is 0.367 e. The average molecular weight is 497 g/mol. The van der Waals surface area contributed by atoms with Gasteiger partial charge in [-0.15, -0.1) is 0 Å². The smallest absolute Gasteiger partial charge is 0.172 e. The molecule has 0 saturated carbocycles. The normalized spacial score (nSPS) is 15.4. The van der Waals surface area contributed by atoms with Gasteiger partial charge in [0.05, 0.1) is 16.4 Å². The molecule has 0 unspecified atom stereocenters. The molecule has 1 N–H and O–H groups in total. The van der Waals surface area contributed by atoms with E-state index in [4.69, 9.17) is 16.6 Å². The van der Waals surface area contributed by atoms with E-state index in [2.05, 4.69) is 61.6 Å². The van der Waals surface area contributed by atoms with Crippen LogP contribution in [0.4, 0.5) is 5.82 Å². The molecule has 7 heteroatoms. The molecule has 0 atom stereocenters. The monoisotopic (exact) mass is 495 g/mol. The van der Waals surface area contributed by atoms with Crippen LogP contribution in [0.15, 0.2) is 71.3 Å². The summed E-state index contributed by atoms with van der Waals surface area (Å²) in [6.07, 6.45) is 3.95. The first-order valence-corrected chi connectivity index (χ1v) is 11.7. The van der Waals surface area contributed by atoms with E-state index in [0.29, 0.717) is 11.1 Å². The maximum Gasteiger partial charge on any atom is 0.172 e. The number of hydrogen-bond acceptors (Lipinski definition) is 4. The second-order valence-corrected chi connectivity index (χ2v) is 9.18. The number of likely N-dealkylation sites (tertiary alicyclic amines) is 1. The summed E-state index contributed by atoms with van der Waals surface area (Å²) in [7, 11) is 0. The fourth-order valence-electron chi connectivity index (χ4n) is 4.13. The van der Waals surface area contributed by atoms with Crippen molar-refractivity contribution in [3.8, 4) is 11.3 Å². The number of benzene rings is 2. The van der Waals surface area contributed by atoms with E-state index in [1.54, 1.807) is 6.20 Å².